The summed E-state index contributed by atoms with van der Waals surface area (Å²) in [5.74, 6) is 1.90. The van der Waals surface area contributed by atoms with Gasteiger partial charge >= 0.3 is 0 Å². The van der Waals surface area contributed by atoms with Crippen molar-refractivity contribution in [2.75, 3.05) is 33.8 Å². The molecule has 2 aromatic rings. The molecule has 6 heteroatoms. The smallest absolute Gasteiger partial charge is 0.229 e. The Kier molecular flexibility index (Phi) is 5.89. The molecule has 1 N–H and O–H groups in total. The van der Waals surface area contributed by atoms with Crippen LogP contribution in [0.5, 0.6) is 23.0 Å². The fourth-order valence-electron chi connectivity index (χ4n) is 2.42. The van der Waals surface area contributed by atoms with E-state index in [1.165, 1.54) is 14.2 Å². The number of hydrogen-bond acceptors (Lipinski definition) is 5. The molecule has 2 aromatic carbocycles. The molecule has 0 bridgehead atoms. The SMILES string of the molecule is COc1ccccc1NC(=O)Cc1ccc(OC)c(OC)c1OC. The van der Waals surface area contributed by atoms with Gasteiger partial charge in [0.05, 0.1) is 40.5 Å². The summed E-state index contributed by atoms with van der Waals surface area (Å²) in [7, 11) is 6.16. The fourth-order valence-corrected chi connectivity index (χ4v) is 2.42. The van der Waals surface area contributed by atoms with E-state index in [2.05, 4.69) is 5.32 Å². The number of carbonyl (C=O) groups is 1. The van der Waals surface area contributed by atoms with Crippen LogP contribution in [0.2, 0.25) is 0 Å². The zero-order chi connectivity index (χ0) is 17.5. The fraction of sp³-hybridized carbons (Fsp3) is 0.278. The summed E-state index contributed by atoms with van der Waals surface area (Å²) >= 11 is 0. The second kappa shape index (κ2) is 8.10. The lowest BCUT2D eigenvalue weighted by molar-refractivity contribution is -0.115. The molecule has 0 aromatic heterocycles. The number of methoxy groups -OCH3 is 4. The van der Waals surface area contributed by atoms with E-state index in [0.717, 1.165) is 0 Å². The Morgan fingerprint density at radius 3 is 2.12 bits per heavy atom. The molecule has 0 radical (unpaired) electrons. The van der Waals surface area contributed by atoms with Gasteiger partial charge in [-0.05, 0) is 18.2 Å². The van der Waals surface area contributed by atoms with Crippen LogP contribution in [-0.2, 0) is 11.2 Å². The van der Waals surface area contributed by atoms with Crippen LogP contribution < -0.4 is 24.3 Å². The van der Waals surface area contributed by atoms with Crippen molar-refractivity contribution in [1.29, 1.82) is 0 Å². The van der Waals surface area contributed by atoms with Crippen LogP contribution in [0.3, 0.4) is 0 Å². The van der Waals surface area contributed by atoms with Gasteiger partial charge in [0.15, 0.2) is 11.5 Å². The number of para-hydroxylation sites is 2. The van der Waals surface area contributed by atoms with Crippen molar-refractivity contribution < 1.29 is 23.7 Å². The lowest BCUT2D eigenvalue weighted by Gasteiger charge is -2.16. The summed E-state index contributed by atoms with van der Waals surface area (Å²) in [4.78, 5) is 12.4. The molecule has 128 valence electrons. The number of hydrogen-bond donors (Lipinski definition) is 1. The monoisotopic (exact) mass is 331 g/mol. The summed E-state index contributed by atoms with van der Waals surface area (Å²) in [6.07, 6.45) is 0.127. The Morgan fingerprint density at radius 1 is 0.833 bits per heavy atom. The Morgan fingerprint density at radius 2 is 1.50 bits per heavy atom. The number of anilines is 1. The first kappa shape index (κ1) is 17.5. The molecule has 2 rings (SSSR count). The third-order valence-corrected chi connectivity index (χ3v) is 3.52. The maximum atomic E-state index is 12.4. The van der Waals surface area contributed by atoms with Gasteiger partial charge in [0.1, 0.15) is 5.75 Å². The van der Waals surface area contributed by atoms with Crippen molar-refractivity contribution in [3.8, 4) is 23.0 Å². The van der Waals surface area contributed by atoms with Gasteiger partial charge in [-0.15, -0.1) is 0 Å². The van der Waals surface area contributed by atoms with E-state index in [0.29, 0.717) is 34.2 Å². The van der Waals surface area contributed by atoms with Crippen molar-refractivity contribution >= 4 is 11.6 Å². The van der Waals surface area contributed by atoms with Gasteiger partial charge in [0.25, 0.3) is 0 Å². The molecule has 6 nitrogen and oxygen atoms in total. The number of carbonyl (C=O) groups excluding carboxylic acids is 1. The molecule has 0 aliphatic heterocycles. The quantitative estimate of drug-likeness (QED) is 0.845. The molecular weight excluding hydrogens is 310 g/mol. The molecule has 0 spiro atoms. The molecule has 0 atom stereocenters. The van der Waals surface area contributed by atoms with E-state index in [-0.39, 0.29) is 12.3 Å². The summed E-state index contributed by atoms with van der Waals surface area (Å²) in [6.45, 7) is 0. The minimum Gasteiger partial charge on any atom is -0.495 e. The first-order valence-corrected chi connectivity index (χ1v) is 7.35. The van der Waals surface area contributed by atoms with Gasteiger partial charge < -0.3 is 24.3 Å². The summed E-state index contributed by atoms with van der Waals surface area (Å²) in [5, 5.41) is 2.84. The van der Waals surface area contributed by atoms with Crippen LogP contribution in [0, 0.1) is 0 Å². The molecule has 24 heavy (non-hydrogen) atoms. The van der Waals surface area contributed by atoms with Gasteiger partial charge in [0, 0.05) is 5.56 Å². The predicted octanol–water partition coefficient (Wildman–Crippen LogP) is 2.90. The molecule has 0 saturated heterocycles. The third-order valence-electron chi connectivity index (χ3n) is 3.52. The Bertz CT molecular complexity index is 715. The Labute approximate surface area is 141 Å². The topological polar surface area (TPSA) is 66.0 Å². The van der Waals surface area contributed by atoms with Crippen LogP contribution in [0.1, 0.15) is 5.56 Å². The van der Waals surface area contributed by atoms with Crippen LogP contribution in [0.4, 0.5) is 5.69 Å². The number of ether oxygens (including phenoxy) is 4. The van der Waals surface area contributed by atoms with Crippen LogP contribution in [0.25, 0.3) is 0 Å². The molecule has 1 amide bonds. The van der Waals surface area contributed by atoms with Gasteiger partial charge in [-0.3, -0.25) is 4.79 Å². The zero-order valence-electron chi connectivity index (χ0n) is 14.2. The van der Waals surface area contributed by atoms with E-state index in [9.17, 15) is 4.79 Å². The number of rotatable bonds is 7. The van der Waals surface area contributed by atoms with Gasteiger partial charge in [0.2, 0.25) is 11.7 Å². The molecular formula is C18H21NO5. The number of amides is 1. The van der Waals surface area contributed by atoms with E-state index in [1.54, 1.807) is 38.5 Å². The van der Waals surface area contributed by atoms with E-state index >= 15 is 0 Å². The standard InChI is InChI=1S/C18H21NO5/c1-21-14-8-6-5-7-13(14)19-16(20)11-12-9-10-15(22-2)18(24-4)17(12)23-3/h5-10H,11H2,1-4H3,(H,19,20). The normalized spacial score (nSPS) is 10.0. The lowest BCUT2D eigenvalue weighted by atomic mass is 10.1. The summed E-state index contributed by atoms with van der Waals surface area (Å²) < 4.78 is 21.2. The van der Waals surface area contributed by atoms with E-state index in [4.69, 9.17) is 18.9 Å². The van der Waals surface area contributed by atoms with Crippen molar-refractivity contribution in [1.82, 2.24) is 0 Å². The van der Waals surface area contributed by atoms with E-state index in [1.807, 2.05) is 12.1 Å². The molecule has 0 aliphatic rings. The summed E-state index contributed by atoms with van der Waals surface area (Å²) in [6, 6.07) is 10.8. The minimum atomic E-state index is -0.190. The second-order valence-electron chi connectivity index (χ2n) is 4.92. The molecule has 0 saturated carbocycles. The number of benzene rings is 2. The van der Waals surface area contributed by atoms with Gasteiger partial charge in [-0.25, -0.2) is 0 Å². The maximum Gasteiger partial charge on any atom is 0.229 e. The lowest BCUT2D eigenvalue weighted by Crippen LogP contribution is -2.15. The summed E-state index contributed by atoms with van der Waals surface area (Å²) in [5.41, 5.74) is 1.31. The largest absolute Gasteiger partial charge is 0.495 e. The maximum absolute atomic E-state index is 12.4. The van der Waals surface area contributed by atoms with E-state index < -0.39 is 0 Å². The zero-order valence-corrected chi connectivity index (χ0v) is 14.2. The number of nitrogens with one attached hydrogen (secondary N) is 1. The molecule has 0 fully saturated rings. The average molecular weight is 331 g/mol. The Hall–Kier alpha value is -2.89. The van der Waals surface area contributed by atoms with Crippen LogP contribution >= 0.6 is 0 Å². The van der Waals surface area contributed by atoms with Gasteiger partial charge in [-0.2, -0.15) is 0 Å². The van der Waals surface area contributed by atoms with Gasteiger partial charge in [-0.1, -0.05) is 18.2 Å². The highest BCUT2D eigenvalue weighted by Gasteiger charge is 2.18. The van der Waals surface area contributed by atoms with Crippen molar-refractivity contribution in [2.24, 2.45) is 0 Å². The van der Waals surface area contributed by atoms with Crippen LogP contribution in [0.15, 0.2) is 36.4 Å². The average Bonchev–Trinajstić information content (AvgIpc) is 2.61. The predicted molar refractivity (Wildman–Crippen MR) is 91.4 cm³/mol. The first-order chi connectivity index (χ1) is 11.6. The first-order valence-electron chi connectivity index (χ1n) is 7.35. The highest BCUT2D eigenvalue weighted by atomic mass is 16.5. The minimum absolute atomic E-state index is 0.127. The van der Waals surface area contributed by atoms with Crippen molar-refractivity contribution in [2.45, 2.75) is 6.42 Å². The molecule has 0 unspecified atom stereocenters. The molecule has 0 heterocycles. The Balaban J connectivity index is 2.23. The van der Waals surface area contributed by atoms with Crippen molar-refractivity contribution in [3.05, 3.63) is 42.0 Å². The highest BCUT2D eigenvalue weighted by molar-refractivity contribution is 5.94. The van der Waals surface area contributed by atoms with Crippen LogP contribution in [-0.4, -0.2) is 34.3 Å². The molecule has 0 aliphatic carbocycles. The second-order valence-corrected chi connectivity index (χ2v) is 4.92. The highest BCUT2D eigenvalue weighted by Crippen LogP contribution is 2.40. The third kappa shape index (κ3) is 3.71. The van der Waals surface area contributed by atoms with Crippen molar-refractivity contribution in [3.63, 3.8) is 0 Å².